The number of benzene rings is 1. The molecule has 0 spiro atoms. The van der Waals surface area contributed by atoms with Crippen LogP contribution < -0.4 is 0 Å². The highest BCUT2D eigenvalue weighted by Gasteiger charge is 2.01. The van der Waals surface area contributed by atoms with E-state index in [1.807, 2.05) is 30.3 Å². The molecule has 0 bridgehead atoms. The third-order valence-corrected chi connectivity index (χ3v) is 5.64. The molecule has 1 aromatic rings. The van der Waals surface area contributed by atoms with Gasteiger partial charge in [0.1, 0.15) is 0 Å². The molecule has 13 heavy (non-hydrogen) atoms. The maximum Gasteiger partial charge on any atom is 0.223 e. The summed E-state index contributed by atoms with van der Waals surface area (Å²) in [7, 11) is -4.52. The standard InChI is InChI=1S/C8H12O3S2/c1-12(13(9,10)11)7-8-5-3-2-4-6-8/h2-6H,7H2,1H3,(H2,9,10,11). The maximum atomic E-state index is 10.8. The molecule has 1 aromatic carbocycles. The Balaban J connectivity index is 2.90. The smallest absolute Gasteiger partial charge is 0.223 e. The minimum absolute atomic E-state index is 0.437. The first-order valence-electron chi connectivity index (χ1n) is 3.66. The molecule has 1 unspecified atom stereocenters. The molecule has 1 rings (SSSR count). The molecule has 0 fully saturated rings. The molecule has 1 atom stereocenters. The largest absolute Gasteiger partial charge is 0.289 e. The summed E-state index contributed by atoms with van der Waals surface area (Å²) >= 11 is 0. The quantitative estimate of drug-likeness (QED) is 0.795. The van der Waals surface area contributed by atoms with Crippen LogP contribution in [0.2, 0.25) is 0 Å². The van der Waals surface area contributed by atoms with Crippen molar-refractivity contribution in [2.24, 2.45) is 0 Å². The van der Waals surface area contributed by atoms with Crippen LogP contribution in [0.5, 0.6) is 0 Å². The fraction of sp³-hybridized carbons (Fsp3) is 0.250. The first-order chi connectivity index (χ1) is 6.00. The topological polar surface area (TPSA) is 57.5 Å². The van der Waals surface area contributed by atoms with Crippen LogP contribution in [0.1, 0.15) is 5.56 Å². The van der Waals surface area contributed by atoms with Gasteiger partial charge in [0.25, 0.3) is 0 Å². The molecule has 0 saturated heterocycles. The number of hydrogen-bond acceptors (Lipinski definition) is 1. The van der Waals surface area contributed by atoms with Gasteiger partial charge in [-0.15, -0.1) is 0 Å². The van der Waals surface area contributed by atoms with Crippen LogP contribution in [0.15, 0.2) is 30.3 Å². The van der Waals surface area contributed by atoms with Gasteiger partial charge in [0.15, 0.2) is 0 Å². The summed E-state index contributed by atoms with van der Waals surface area (Å²) < 4.78 is 28.5. The monoisotopic (exact) mass is 220 g/mol. The van der Waals surface area contributed by atoms with E-state index in [9.17, 15) is 4.21 Å². The lowest BCUT2D eigenvalue weighted by Crippen LogP contribution is -2.06. The minimum atomic E-state index is -3.62. The van der Waals surface area contributed by atoms with Gasteiger partial charge in [-0.25, -0.2) is 4.21 Å². The van der Waals surface area contributed by atoms with Crippen molar-refractivity contribution in [2.45, 2.75) is 5.75 Å². The van der Waals surface area contributed by atoms with Crippen LogP contribution in [0.4, 0.5) is 0 Å². The van der Waals surface area contributed by atoms with E-state index >= 15 is 0 Å². The average Bonchev–Trinajstić information content (AvgIpc) is 2.04. The molecule has 0 heterocycles. The first-order valence-corrected chi connectivity index (χ1v) is 7.45. The van der Waals surface area contributed by atoms with Gasteiger partial charge >= 0.3 is 0 Å². The van der Waals surface area contributed by atoms with E-state index in [1.54, 1.807) is 6.26 Å². The Labute approximate surface area is 80.1 Å². The Morgan fingerprint density at radius 1 is 1.31 bits per heavy atom. The second-order valence-corrected chi connectivity index (χ2v) is 7.99. The van der Waals surface area contributed by atoms with E-state index in [2.05, 4.69) is 0 Å². The van der Waals surface area contributed by atoms with Gasteiger partial charge in [-0.3, -0.25) is 9.11 Å². The highest BCUT2D eigenvalue weighted by Crippen LogP contribution is 2.04. The number of hydrogen-bond donors (Lipinski definition) is 2. The van der Waals surface area contributed by atoms with Gasteiger partial charge in [0.05, 0.1) is 0 Å². The SMILES string of the molecule is CS(Cc1ccccc1)=S(=O)(O)O. The Bertz CT molecular complexity index is 383. The highest BCUT2D eigenvalue weighted by molar-refractivity contribution is 8.41. The fourth-order valence-electron chi connectivity index (χ4n) is 0.886. The molecule has 0 aromatic heterocycles. The van der Waals surface area contributed by atoms with Gasteiger partial charge < -0.3 is 0 Å². The molecule has 0 radical (unpaired) electrons. The Hall–Kier alpha value is -0.360. The fourth-order valence-corrected chi connectivity index (χ4v) is 2.57. The summed E-state index contributed by atoms with van der Waals surface area (Å²) in [6.45, 7) is 0. The van der Waals surface area contributed by atoms with E-state index in [1.165, 1.54) is 0 Å². The van der Waals surface area contributed by atoms with Gasteiger partial charge in [-0.2, -0.15) is 0 Å². The van der Waals surface area contributed by atoms with Crippen LogP contribution in [-0.2, 0) is 24.3 Å². The molecule has 0 aliphatic heterocycles. The van der Waals surface area contributed by atoms with Crippen molar-refractivity contribution in [3.8, 4) is 0 Å². The molecule has 0 aliphatic rings. The lowest BCUT2D eigenvalue weighted by atomic mass is 10.2. The second-order valence-electron chi connectivity index (χ2n) is 2.65. The molecule has 0 saturated carbocycles. The van der Waals surface area contributed by atoms with Gasteiger partial charge in [0.2, 0.25) is 9.05 Å². The average molecular weight is 220 g/mol. The van der Waals surface area contributed by atoms with Crippen LogP contribution in [0.25, 0.3) is 0 Å². The molecular formula is C8H12O3S2. The highest BCUT2D eigenvalue weighted by atomic mass is 32.9. The van der Waals surface area contributed by atoms with Crippen molar-refractivity contribution in [2.75, 3.05) is 6.26 Å². The van der Waals surface area contributed by atoms with E-state index in [0.29, 0.717) is 5.75 Å². The third kappa shape index (κ3) is 3.48. The summed E-state index contributed by atoms with van der Waals surface area (Å²) in [4.78, 5) is 0. The predicted octanol–water partition coefficient (Wildman–Crippen LogP) is 1.58. The van der Waals surface area contributed by atoms with Crippen molar-refractivity contribution >= 4 is 18.5 Å². The molecule has 0 amide bonds. The molecule has 5 heteroatoms. The normalized spacial score (nSPS) is 14.1. The molecule has 3 nitrogen and oxygen atoms in total. The summed E-state index contributed by atoms with van der Waals surface area (Å²) in [5.41, 5.74) is 0.962. The van der Waals surface area contributed by atoms with E-state index in [0.717, 1.165) is 5.56 Å². The van der Waals surface area contributed by atoms with Gasteiger partial charge in [0, 0.05) is 5.75 Å². The zero-order valence-electron chi connectivity index (χ0n) is 7.21. The Morgan fingerprint density at radius 3 is 2.31 bits per heavy atom. The number of rotatable bonds is 2. The van der Waals surface area contributed by atoms with Crippen LogP contribution >= 0.6 is 0 Å². The summed E-state index contributed by atoms with van der Waals surface area (Å²) in [6.07, 6.45) is 1.58. The van der Waals surface area contributed by atoms with Crippen LogP contribution in [0.3, 0.4) is 0 Å². The van der Waals surface area contributed by atoms with E-state index in [4.69, 9.17) is 9.11 Å². The summed E-state index contributed by atoms with van der Waals surface area (Å²) in [5.74, 6) is 0.437. The van der Waals surface area contributed by atoms with Crippen molar-refractivity contribution in [1.29, 1.82) is 0 Å². The lowest BCUT2D eigenvalue weighted by Gasteiger charge is -2.04. The third-order valence-electron chi connectivity index (χ3n) is 1.58. The molecule has 74 valence electrons. The van der Waals surface area contributed by atoms with Crippen molar-refractivity contribution in [1.82, 2.24) is 0 Å². The Kier molecular flexibility index (Phi) is 3.49. The maximum absolute atomic E-state index is 10.8. The summed E-state index contributed by atoms with van der Waals surface area (Å²) in [6, 6.07) is 9.35. The van der Waals surface area contributed by atoms with E-state index in [-0.39, 0.29) is 0 Å². The molecule has 2 N–H and O–H groups in total. The second kappa shape index (κ2) is 4.23. The zero-order chi connectivity index (χ0) is 9.90. The summed E-state index contributed by atoms with van der Waals surface area (Å²) in [5, 5.41) is 0. The van der Waals surface area contributed by atoms with Crippen molar-refractivity contribution < 1.29 is 13.3 Å². The van der Waals surface area contributed by atoms with E-state index < -0.39 is 18.5 Å². The van der Waals surface area contributed by atoms with Crippen LogP contribution in [-0.4, -0.2) is 19.6 Å². The lowest BCUT2D eigenvalue weighted by molar-refractivity contribution is 0.449. The Morgan fingerprint density at radius 2 is 1.85 bits per heavy atom. The van der Waals surface area contributed by atoms with Gasteiger partial charge in [-0.1, -0.05) is 39.8 Å². The van der Waals surface area contributed by atoms with Crippen LogP contribution in [0, 0.1) is 0 Å². The zero-order valence-corrected chi connectivity index (χ0v) is 8.85. The molecule has 0 aliphatic carbocycles. The predicted molar refractivity (Wildman–Crippen MR) is 56.8 cm³/mol. The first kappa shape index (κ1) is 10.7. The minimum Gasteiger partial charge on any atom is -0.289 e. The van der Waals surface area contributed by atoms with Crippen molar-refractivity contribution in [3.05, 3.63) is 35.9 Å². The van der Waals surface area contributed by atoms with Gasteiger partial charge in [-0.05, 0) is 11.8 Å². The molecular weight excluding hydrogens is 208 g/mol. The van der Waals surface area contributed by atoms with Crippen molar-refractivity contribution in [3.63, 3.8) is 0 Å².